The molecule has 126 valence electrons. The van der Waals surface area contributed by atoms with Gasteiger partial charge >= 0.3 is 0 Å². The van der Waals surface area contributed by atoms with Crippen molar-refractivity contribution >= 4 is 28.5 Å². The zero-order valence-corrected chi connectivity index (χ0v) is 13.8. The smallest absolute Gasteiger partial charge is 0.291 e. The number of carbonyl (C=O) groups excluding carboxylic acids is 2. The third-order valence-corrected chi connectivity index (χ3v) is 4.19. The highest BCUT2D eigenvalue weighted by Gasteiger charge is 2.24. The van der Waals surface area contributed by atoms with Crippen LogP contribution in [0, 0.1) is 6.92 Å². The van der Waals surface area contributed by atoms with E-state index >= 15 is 0 Å². The van der Waals surface area contributed by atoms with E-state index in [-0.39, 0.29) is 17.6 Å². The van der Waals surface area contributed by atoms with E-state index in [9.17, 15) is 9.59 Å². The predicted octanol–water partition coefficient (Wildman–Crippen LogP) is 3.89. The number of fused-ring (bicyclic) bond motifs is 1. The van der Waals surface area contributed by atoms with Gasteiger partial charge < -0.3 is 15.1 Å². The van der Waals surface area contributed by atoms with Gasteiger partial charge in [0.1, 0.15) is 5.58 Å². The number of rotatable bonds is 4. The molecule has 0 unspecified atom stereocenters. The first-order chi connectivity index (χ1) is 12.1. The first kappa shape index (κ1) is 15.4. The Morgan fingerprint density at radius 2 is 1.88 bits per heavy atom. The van der Waals surface area contributed by atoms with Crippen LogP contribution in [0.15, 0.2) is 52.9 Å². The lowest BCUT2D eigenvalue weighted by Gasteiger charge is -2.07. The average molecular weight is 334 g/mol. The Morgan fingerprint density at radius 3 is 2.68 bits per heavy atom. The fourth-order valence-electron chi connectivity index (χ4n) is 2.70. The zero-order valence-electron chi connectivity index (χ0n) is 13.8. The van der Waals surface area contributed by atoms with Gasteiger partial charge in [0.15, 0.2) is 5.76 Å². The van der Waals surface area contributed by atoms with E-state index in [1.165, 1.54) is 0 Å². The lowest BCUT2D eigenvalue weighted by Crippen LogP contribution is -2.25. The van der Waals surface area contributed by atoms with Gasteiger partial charge in [-0.05, 0) is 56.2 Å². The maximum Gasteiger partial charge on any atom is 0.291 e. The summed E-state index contributed by atoms with van der Waals surface area (Å²) in [6.07, 6.45) is 2.07. The molecule has 1 aliphatic carbocycles. The maximum atomic E-state index is 12.4. The Labute approximate surface area is 145 Å². The first-order valence-corrected chi connectivity index (χ1v) is 8.31. The van der Waals surface area contributed by atoms with Crippen molar-refractivity contribution in [3.8, 4) is 0 Å². The van der Waals surface area contributed by atoms with Crippen molar-refractivity contribution in [2.75, 3.05) is 5.32 Å². The van der Waals surface area contributed by atoms with Gasteiger partial charge in [-0.2, -0.15) is 0 Å². The number of amides is 2. The lowest BCUT2D eigenvalue weighted by molar-refractivity contribution is 0.0949. The molecule has 25 heavy (non-hydrogen) atoms. The molecule has 0 spiro atoms. The SMILES string of the molecule is Cc1ccc2oc(C(=O)Nc3cccc(C(=O)NC4CC4)c3)cc2c1. The number of hydrogen-bond donors (Lipinski definition) is 2. The van der Waals surface area contributed by atoms with Crippen molar-refractivity contribution in [1.29, 1.82) is 0 Å². The fraction of sp³-hybridized carbons (Fsp3) is 0.200. The number of nitrogens with one attached hydrogen (secondary N) is 2. The number of anilines is 1. The van der Waals surface area contributed by atoms with Crippen LogP contribution in [0.25, 0.3) is 11.0 Å². The van der Waals surface area contributed by atoms with Gasteiger partial charge in [0, 0.05) is 22.7 Å². The minimum atomic E-state index is -0.339. The number of aryl methyl sites for hydroxylation is 1. The molecule has 1 saturated carbocycles. The molecule has 1 fully saturated rings. The molecule has 5 nitrogen and oxygen atoms in total. The first-order valence-electron chi connectivity index (χ1n) is 8.31. The molecule has 5 heteroatoms. The van der Waals surface area contributed by atoms with Crippen LogP contribution >= 0.6 is 0 Å². The van der Waals surface area contributed by atoms with Gasteiger partial charge in [0.2, 0.25) is 0 Å². The summed E-state index contributed by atoms with van der Waals surface area (Å²) in [7, 11) is 0. The van der Waals surface area contributed by atoms with Crippen LogP contribution in [0.1, 0.15) is 39.3 Å². The van der Waals surface area contributed by atoms with Crippen molar-refractivity contribution in [3.05, 3.63) is 65.4 Å². The van der Waals surface area contributed by atoms with E-state index in [4.69, 9.17) is 4.42 Å². The van der Waals surface area contributed by atoms with Gasteiger partial charge in [-0.25, -0.2) is 0 Å². The Bertz CT molecular complexity index is 970. The highest BCUT2D eigenvalue weighted by Crippen LogP contribution is 2.22. The summed E-state index contributed by atoms with van der Waals surface area (Å²) >= 11 is 0. The Morgan fingerprint density at radius 1 is 1.04 bits per heavy atom. The highest BCUT2D eigenvalue weighted by molar-refractivity contribution is 6.05. The second-order valence-corrected chi connectivity index (χ2v) is 6.43. The van der Waals surface area contributed by atoms with E-state index in [0.717, 1.165) is 23.8 Å². The number of carbonyl (C=O) groups is 2. The standard InChI is InChI=1S/C20H18N2O3/c1-12-5-8-17-14(9-12)11-18(25-17)20(24)22-16-4-2-3-13(10-16)19(23)21-15-6-7-15/h2-5,8-11,15H,6-7H2,1H3,(H,21,23)(H,22,24). The largest absolute Gasteiger partial charge is 0.451 e. The summed E-state index contributed by atoms with van der Waals surface area (Å²) in [5.74, 6) is -0.208. The molecule has 0 saturated heterocycles. The number of furan rings is 1. The molecule has 0 radical (unpaired) electrons. The molecule has 3 aromatic rings. The molecular formula is C20H18N2O3. The minimum absolute atomic E-state index is 0.113. The third-order valence-electron chi connectivity index (χ3n) is 4.19. The highest BCUT2D eigenvalue weighted by atomic mass is 16.3. The molecule has 2 amide bonds. The Hall–Kier alpha value is -3.08. The van der Waals surface area contributed by atoms with Crippen LogP contribution < -0.4 is 10.6 Å². The van der Waals surface area contributed by atoms with Crippen molar-refractivity contribution < 1.29 is 14.0 Å². The van der Waals surface area contributed by atoms with Crippen LogP contribution in [-0.4, -0.2) is 17.9 Å². The molecule has 2 N–H and O–H groups in total. The second kappa shape index (κ2) is 6.09. The normalized spacial score (nSPS) is 13.6. The molecule has 2 aromatic carbocycles. The van der Waals surface area contributed by atoms with Crippen LogP contribution in [0.5, 0.6) is 0 Å². The topological polar surface area (TPSA) is 71.3 Å². The maximum absolute atomic E-state index is 12.4. The predicted molar refractivity (Wildman–Crippen MR) is 95.8 cm³/mol. The van der Waals surface area contributed by atoms with Crippen LogP contribution in [0.2, 0.25) is 0 Å². The minimum Gasteiger partial charge on any atom is -0.451 e. The molecule has 4 rings (SSSR count). The van der Waals surface area contributed by atoms with Gasteiger partial charge in [-0.1, -0.05) is 17.7 Å². The van der Waals surface area contributed by atoms with Crippen molar-refractivity contribution in [3.63, 3.8) is 0 Å². The van der Waals surface area contributed by atoms with Crippen molar-refractivity contribution in [2.24, 2.45) is 0 Å². The number of benzene rings is 2. The third kappa shape index (κ3) is 3.40. The van der Waals surface area contributed by atoms with Crippen LogP contribution in [-0.2, 0) is 0 Å². The number of hydrogen-bond acceptors (Lipinski definition) is 3. The van der Waals surface area contributed by atoms with Gasteiger partial charge in [0.25, 0.3) is 11.8 Å². The summed E-state index contributed by atoms with van der Waals surface area (Å²) < 4.78 is 5.60. The summed E-state index contributed by atoms with van der Waals surface area (Å²) in [5, 5.41) is 6.61. The van der Waals surface area contributed by atoms with E-state index < -0.39 is 0 Å². The molecular weight excluding hydrogens is 316 g/mol. The molecule has 1 aliphatic rings. The zero-order chi connectivity index (χ0) is 17.4. The van der Waals surface area contributed by atoms with E-state index in [1.54, 1.807) is 30.3 Å². The Balaban J connectivity index is 1.52. The van der Waals surface area contributed by atoms with E-state index in [1.807, 2.05) is 25.1 Å². The second-order valence-electron chi connectivity index (χ2n) is 6.43. The van der Waals surface area contributed by atoms with Gasteiger partial charge in [-0.3, -0.25) is 9.59 Å². The van der Waals surface area contributed by atoms with Crippen molar-refractivity contribution in [1.82, 2.24) is 5.32 Å². The average Bonchev–Trinajstić information content (AvgIpc) is 3.30. The summed E-state index contributed by atoms with van der Waals surface area (Å²) in [5.41, 5.74) is 2.87. The molecule has 1 heterocycles. The molecule has 0 atom stereocenters. The van der Waals surface area contributed by atoms with Gasteiger partial charge in [0.05, 0.1) is 0 Å². The van der Waals surface area contributed by atoms with E-state index in [0.29, 0.717) is 22.9 Å². The molecule has 0 bridgehead atoms. The van der Waals surface area contributed by atoms with Crippen LogP contribution in [0.4, 0.5) is 5.69 Å². The summed E-state index contributed by atoms with van der Waals surface area (Å²) in [4.78, 5) is 24.5. The molecule has 0 aliphatic heterocycles. The lowest BCUT2D eigenvalue weighted by atomic mass is 10.1. The monoisotopic (exact) mass is 334 g/mol. The Kier molecular flexibility index (Phi) is 3.76. The van der Waals surface area contributed by atoms with E-state index in [2.05, 4.69) is 10.6 Å². The summed E-state index contributed by atoms with van der Waals surface area (Å²) in [6, 6.07) is 14.7. The van der Waals surface area contributed by atoms with Crippen LogP contribution in [0.3, 0.4) is 0 Å². The summed E-state index contributed by atoms with van der Waals surface area (Å²) in [6.45, 7) is 1.99. The van der Waals surface area contributed by atoms with Crippen molar-refractivity contribution in [2.45, 2.75) is 25.8 Å². The van der Waals surface area contributed by atoms with Gasteiger partial charge in [-0.15, -0.1) is 0 Å². The molecule has 1 aromatic heterocycles. The fourth-order valence-corrected chi connectivity index (χ4v) is 2.70. The quantitative estimate of drug-likeness (QED) is 0.760.